The van der Waals surface area contributed by atoms with Crippen LogP contribution in [0.1, 0.15) is 17.2 Å². The molecule has 3 nitrogen and oxygen atoms in total. The first kappa shape index (κ1) is 17.6. The summed E-state index contributed by atoms with van der Waals surface area (Å²) in [6.07, 6.45) is 0.255. The fourth-order valence-electron chi connectivity index (χ4n) is 2.89. The summed E-state index contributed by atoms with van der Waals surface area (Å²) in [5, 5.41) is 6.41. The molecule has 1 amide bonds. The van der Waals surface area contributed by atoms with Crippen molar-refractivity contribution in [2.45, 2.75) is 12.5 Å². The molecule has 5 heteroatoms. The van der Waals surface area contributed by atoms with Crippen LogP contribution in [-0.4, -0.2) is 31.4 Å². The van der Waals surface area contributed by atoms with Crippen molar-refractivity contribution < 1.29 is 9.18 Å². The number of nitrogens with zero attached hydrogens (tertiary/aromatic N) is 1. The Morgan fingerprint density at radius 2 is 1.88 bits per heavy atom. The Balaban J connectivity index is 1.68. The molecule has 1 heterocycles. The zero-order chi connectivity index (χ0) is 17.8. The van der Waals surface area contributed by atoms with Gasteiger partial charge in [-0.3, -0.25) is 4.79 Å². The topological polar surface area (TPSA) is 32.3 Å². The number of carbonyl (C=O) groups excluding carboxylic acids is 1. The Morgan fingerprint density at radius 3 is 2.60 bits per heavy atom. The average molecular weight is 356 g/mol. The third-order valence-electron chi connectivity index (χ3n) is 4.26. The minimum Gasteiger partial charge on any atom is -0.354 e. The number of thiophene rings is 1. The third-order valence-corrected chi connectivity index (χ3v) is 5.25. The molecule has 0 aliphatic heterocycles. The summed E-state index contributed by atoms with van der Waals surface area (Å²) in [6, 6.07) is 14.5. The van der Waals surface area contributed by atoms with Gasteiger partial charge in [0.2, 0.25) is 5.91 Å². The van der Waals surface area contributed by atoms with Crippen LogP contribution in [0, 0.1) is 5.82 Å². The monoisotopic (exact) mass is 356 g/mol. The number of carbonyl (C=O) groups is 1. The highest BCUT2D eigenvalue weighted by molar-refractivity contribution is 7.17. The van der Waals surface area contributed by atoms with Crippen molar-refractivity contribution in [3.63, 3.8) is 0 Å². The molecule has 0 aliphatic carbocycles. The van der Waals surface area contributed by atoms with Gasteiger partial charge in [-0.25, -0.2) is 4.39 Å². The second kappa shape index (κ2) is 7.76. The Kier molecular flexibility index (Phi) is 5.46. The van der Waals surface area contributed by atoms with Crippen LogP contribution in [-0.2, 0) is 11.2 Å². The number of amides is 1. The van der Waals surface area contributed by atoms with Crippen molar-refractivity contribution in [3.05, 3.63) is 70.9 Å². The van der Waals surface area contributed by atoms with Crippen LogP contribution in [0.25, 0.3) is 10.1 Å². The molecule has 0 aliphatic rings. The van der Waals surface area contributed by atoms with Gasteiger partial charge in [0.15, 0.2) is 0 Å². The number of fused-ring (bicyclic) bond motifs is 1. The zero-order valence-corrected chi connectivity index (χ0v) is 15.1. The van der Waals surface area contributed by atoms with Gasteiger partial charge in [0.25, 0.3) is 0 Å². The molecule has 130 valence electrons. The van der Waals surface area contributed by atoms with Crippen LogP contribution in [0.15, 0.2) is 53.9 Å². The summed E-state index contributed by atoms with van der Waals surface area (Å²) in [4.78, 5) is 14.4. The Hall–Kier alpha value is -2.24. The fraction of sp³-hybridized carbons (Fsp3) is 0.250. The summed E-state index contributed by atoms with van der Waals surface area (Å²) < 4.78 is 14.2. The van der Waals surface area contributed by atoms with E-state index in [0.29, 0.717) is 6.54 Å². The van der Waals surface area contributed by atoms with E-state index in [1.807, 2.05) is 26.2 Å². The molecule has 2 aromatic carbocycles. The van der Waals surface area contributed by atoms with Crippen LogP contribution in [0.4, 0.5) is 4.39 Å². The molecule has 1 aromatic heterocycles. The van der Waals surface area contributed by atoms with Gasteiger partial charge in [0.05, 0.1) is 12.5 Å². The maximum absolute atomic E-state index is 12.9. The van der Waals surface area contributed by atoms with Crippen molar-refractivity contribution in [3.8, 4) is 0 Å². The van der Waals surface area contributed by atoms with Gasteiger partial charge in [-0.1, -0.05) is 30.3 Å². The summed E-state index contributed by atoms with van der Waals surface area (Å²) >= 11 is 1.72. The molecule has 25 heavy (non-hydrogen) atoms. The first-order valence-electron chi connectivity index (χ1n) is 8.18. The number of likely N-dealkylation sites (N-methyl/N-ethyl adjacent to an activating group) is 1. The SMILES string of the molecule is CN(C)[C@@H](CNC(=O)Cc1ccc(F)cc1)c1csc2ccccc12. The van der Waals surface area contributed by atoms with Crippen molar-refractivity contribution in [1.29, 1.82) is 0 Å². The fourth-order valence-corrected chi connectivity index (χ4v) is 3.90. The number of hydrogen-bond acceptors (Lipinski definition) is 3. The predicted molar refractivity (Wildman–Crippen MR) is 101 cm³/mol. The van der Waals surface area contributed by atoms with Crippen molar-refractivity contribution in [2.75, 3.05) is 20.6 Å². The zero-order valence-electron chi connectivity index (χ0n) is 14.3. The lowest BCUT2D eigenvalue weighted by atomic mass is 10.0. The summed E-state index contributed by atoms with van der Waals surface area (Å²) in [5.74, 6) is -0.348. The van der Waals surface area contributed by atoms with Crippen LogP contribution in [0.3, 0.4) is 0 Å². The molecule has 0 fully saturated rings. The number of benzene rings is 2. The molecular weight excluding hydrogens is 335 g/mol. The number of rotatable bonds is 6. The van der Waals surface area contributed by atoms with Crippen LogP contribution in [0.5, 0.6) is 0 Å². The van der Waals surface area contributed by atoms with E-state index >= 15 is 0 Å². The number of halogens is 1. The van der Waals surface area contributed by atoms with Gasteiger partial charge >= 0.3 is 0 Å². The lowest BCUT2D eigenvalue weighted by molar-refractivity contribution is -0.120. The van der Waals surface area contributed by atoms with Gasteiger partial charge in [0, 0.05) is 11.2 Å². The van der Waals surface area contributed by atoms with E-state index < -0.39 is 0 Å². The van der Waals surface area contributed by atoms with Gasteiger partial charge in [-0.15, -0.1) is 11.3 Å². The number of nitrogens with one attached hydrogen (secondary N) is 1. The summed E-state index contributed by atoms with van der Waals surface area (Å²) in [6.45, 7) is 0.535. The maximum Gasteiger partial charge on any atom is 0.224 e. The highest BCUT2D eigenvalue weighted by Crippen LogP contribution is 2.31. The smallest absolute Gasteiger partial charge is 0.224 e. The molecule has 0 spiro atoms. The third kappa shape index (κ3) is 4.24. The normalized spacial score (nSPS) is 12.5. The van der Waals surface area contributed by atoms with Gasteiger partial charge in [0.1, 0.15) is 5.82 Å². The van der Waals surface area contributed by atoms with Crippen LogP contribution in [0.2, 0.25) is 0 Å². The lowest BCUT2D eigenvalue weighted by Crippen LogP contribution is -2.35. The highest BCUT2D eigenvalue weighted by Gasteiger charge is 2.19. The van der Waals surface area contributed by atoms with Gasteiger partial charge in [-0.05, 0) is 54.2 Å². The molecule has 0 unspecified atom stereocenters. The second-order valence-electron chi connectivity index (χ2n) is 6.27. The average Bonchev–Trinajstić information content (AvgIpc) is 3.01. The van der Waals surface area contributed by atoms with Crippen LogP contribution < -0.4 is 5.32 Å². The van der Waals surface area contributed by atoms with E-state index in [0.717, 1.165) is 5.56 Å². The summed E-state index contributed by atoms with van der Waals surface area (Å²) in [7, 11) is 4.03. The van der Waals surface area contributed by atoms with E-state index in [1.165, 1.54) is 27.8 Å². The Morgan fingerprint density at radius 1 is 1.16 bits per heavy atom. The minimum atomic E-state index is -0.291. The lowest BCUT2D eigenvalue weighted by Gasteiger charge is -2.24. The van der Waals surface area contributed by atoms with Crippen molar-refractivity contribution >= 4 is 27.3 Å². The van der Waals surface area contributed by atoms with E-state index in [-0.39, 0.29) is 24.2 Å². The van der Waals surface area contributed by atoms with Crippen molar-refractivity contribution in [2.24, 2.45) is 0 Å². The van der Waals surface area contributed by atoms with Gasteiger partial charge in [-0.2, -0.15) is 0 Å². The van der Waals surface area contributed by atoms with E-state index in [9.17, 15) is 9.18 Å². The van der Waals surface area contributed by atoms with E-state index in [4.69, 9.17) is 0 Å². The quantitative estimate of drug-likeness (QED) is 0.724. The molecule has 3 rings (SSSR count). The second-order valence-corrected chi connectivity index (χ2v) is 7.19. The molecule has 0 saturated heterocycles. The van der Waals surface area contributed by atoms with E-state index in [2.05, 4.69) is 27.7 Å². The molecule has 0 saturated carbocycles. The molecular formula is C20H21FN2OS. The molecule has 1 atom stereocenters. The standard InChI is InChI=1S/C20H21FN2OS/c1-23(2)18(17-13-25-19-6-4-3-5-16(17)19)12-22-20(24)11-14-7-9-15(21)10-8-14/h3-10,13,18H,11-12H2,1-2H3,(H,22,24)/t18-/m0/s1. The molecule has 3 aromatic rings. The molecule has 0 radical (unpaired) electrons. The first-order chi connectivity index (χ1) is 12.0. The predicted octanol–water partition coefficient (Wildman–Crippen LogP) is 4.00. The Labute approximate surface area is 151 Å². The maximum atomic E-state index is 12.9. The first-order valence-corrected chi connectivity index (χ1v) is 9.06. The molecule has 0 bridgehead atoms. The Bertz CT molecular complexity index is 858. The van der Waals surface area contributed by atoms with E-state index in [1.54, 1.807) is 23.5 Å². The van der Waals surface area contributed by atoms with Gasteiger partial charge < -0.3 is 10.2 Å². The van der Waals surface area contributed by atoms with Crippen LogP contribution >= 0.6 is 11.3 Å². The largest absolute Gasteiger partial charge is 0.354 e. The highest BCUT2D eigenvalue weighted by atomic mass is 32.1. The minimum absolute atomic E-state index is 0.0574. The molecule has 1 N–H and O–H groups in total. The number of hydrogen-bond donors (Lipinski definition) is 1. The summed E-state index contributed by atoms with van der Waals surface area (Å²) in [5.41, 5.74) is 2.04. The van der Waals surface area contributed by atoms with Crippen molar-refractivity contribution in [1.82, 2.24) is 10.2 Å².